The Balaban J connectivity index is 1.58. The lowest BCUT2D eigenvalue weighted by molar-refractivity contribution is 0.0529. The molecule has 1 aromatic rings. The van der Waals surface area contributed by atoms with Gasteiger partial charge in [0.1, 0.15) is 0 Å². The molecule has 2 fully saturated rings. The Morgan fingerprint density at radius 1 is 1.27 bits per heavy atom. The van der Waals surface area contributed by atoms with Crippen LogP contribution in [-0.4, -0.2) is 64.4 Å². The first kappa shape index (κ1) is 15.9. The third kappa shape index (κ3) is 3.33. The van der Waals surface area contributed by atoms with Crippen LogP contribution in [0.25, 0.3) is 0 Å². The zero-order valence-electron chi connectivity index (χ0n) is 13.5. The van der Waals surface area contributed by atoms with Gasteiger partial charge in [-0.3, -0.25) is 9.69 Å². The maximum absolute atomic E-state index is 12.6. The monoisotopic (exact) mass is 323 g/mol. The van der Waals surface area contributed by atoms with Crippen LogP contribution in [0, 0.1) is 6.92 Å². The van der Waals surface area contributed by atoms with Gasteiger partial charge in [-0.2, -0.15) is 11.8 Å². The molecule has 2 aliphatic rings. The predicted octanol–water partition coefficient (Wildman–Crippen LogP) is 2.20. The second-order valence-electron chi connectivity index (χ2n) is 6.05. The Hall–Kier alpha value is -1.01. The van der Waals surface area contributed by atoms with E-state index in [1.54, 1.807) is 0 Å². The van der Waals surface area contributed by atoms with E-state index in [-0.39, 0.29) is 5.91 Å². The van der Waals surface area contributed by atoms with Crippen molar-refractivity contribution < 1.29 is 9.21 Å². The second-order valence-corrected chi connectivity index (χ2v) is 7.27. The Labute approximate surface area is 136 Å². The average molecular weight is 323 g/mol. The van der Waals surface area contributed by atoms with Gasteiger partial charge in [-0.05, 0) is 31.3 Å². The lowest BCUT2D eigenvalue weighted by atomic mass is 10.1. The molecule has 0 bridgehead atoms. The van der Waals surface area contributed by atoms with Crippen LogP contribution >= 0.6 is 11.8 Å². The summed E-state index contributed by atoms with van der Waals surface area (Å²) in [7, 11) is 0. The average Bonchev–Trinajstić information content (AvgIpc) is 2.96. The second kappa shape index (κ2) is 7.04. The van der Waals surface area contributed by atoms with Crippen molar-refractivity contribution in [2.45, 2.75) is 39.2 Å². The van der Waals surface area contributed by atoms with Crippen molar-refractivity contribution >= 4 is 17.7 Å². The number of hydrogen-bond acceptors (Lipinski definition) is 5. The molecule has 0 aromatic carbocycles. The lowest BCUT2D eigenvalue weighted by Gasteiger charge is -2.40. The maximum Gasteiger partial charge on any atom is 0.291 e. The number of nitrogens with zero attached hydrogens (tertiary/aromatic N) is 3. The molecule has 22 heavy (non-hydrogen) atoms. The third-order valence-corrected chi connectivity index (χ3v) is 5.70. The Bertz CT molecular complexity index is 517. The number of aromatic nitrogens is 1. The van der Waals surface area contributed by atoms with E-state index in [0.717, 1.165) is 38.6 Å². The molecule has 0 aliphatic carbocycles. The SMILES string of the molecule is CCc1nc(C)c(C(=O)N2CCN(C3CCSCC3)CC2)o1. The fraction of sp³-hybridized carbons (Fsp3) is 0.750. The van der Waals surface area contributed by atoms with E-state index >= 15 is 0 Å². The number of rotatable bonds is 3. The first-order valence-corrected chi connectivity index (χ1v) is 9.42. The maximum atomic E-state index is 12.6. The Kier molecular flexibility index (Phi) is 5.08. The molecule has 2 aliphatic heterocycles. The van der Waals surface area contributed by atoms with E-state index in [4.69, 9.17) is 4.42 Å². The molecule has 6 heteroatoms. The molecule has 0 atom stereocenters. The number of piperazine rings is 1. The van der Waals surface area contributed by atoms with Crippen molar-refractivity contribution in [3.8, 4) is 0 Å². The summed E-state index contributed by atoms with van der Waals surface area (Å²) in [6.07, 6.45) is 3.31. The van der Waals surface area contributed by atoms with E-state index in [9.17, 15) is 4.79 Å². The van der Waals surface area contributed by atoms with Gasteiger partial charge in [-0.15, -0.1) is 0 Å². The number of carbonyl (C=O) groups excluding carboxylic acids is 1. The molecule has 122 valence electrons. The molecule has 0 unspecified atom stereocenters. The van der Waals surface area contributed by atoms with Crippen molar-refractivity contribution in [1.29, 1.82) is 0 Å². The minimum Gasteiger partial charge on any atom is -0.435 e. The molecule has 0 N–H and O–H groups in total. The number of aryl methyl sites for hydroxylation is 2. The number of thioether (sulfide) groups is 1. The highest BCUT2D eigenvalue weighted by molar-refractivity contribution is 7.99. The third-order valence-electron chi connectivity index (χ3n) is 4.65. The van der Waals surface area contributed by atoms with Crippen LogP contribution in [0.5, 0.6) is 0 Å². The quantitative estimate of drug-likeness (QED) is 0.853. The molecule has 0 spiro atoms. The van der Waals surface area contributed by atoms with Gasteiger partial charge >= 0.3 is 0 Å². The molecule has 3 rings (SSSR count). The molecule has 2 saturated heterocycles. The summed E-state index contributed by atoms with van der Waals surface area (Å²) < 4.78 is 5.60. The highest BCUT2D eigenvalue weighted by Gasteiger charge is 2.29. The van der Waals surface area contributed by atoms with Gasteiger partial charge in [0.25, 0.3) is 5.91 Å². The van der Waals surface area contributed by atoms with Crippen molar-refractivity contribution in [3.05, 3.63) is 17.3 Å². The van der Waals surface area contributed by atoms with Crippen molar-refractivity contribution in [3.63, 3.8) is 0 Å². The van der Waals surface area contributed by atoms with Gasteiger partial charge in [0.05, 0.1) is 5.69 Å². The Morgan fingerprint density at radius 2 is 1.95 bits per heavy atom. The summed E-state index contributed by atoms with van der Waals surface area (Å²) in [5.74, 6) is 3.64. The van der Waals surface area contributed by atoms with Crippen LogP contribution in [0.1, 0.15) is 41.9 Å². The first-order chi connectivity index (χ1) is 10.7. The van der Waals surface area contributed by atoms with Gasteiger partial charge < -0.3 is 9.32 Å². The first-order valence-electron chi connectivity index (χ1n) is 8.26. The zero-order chi connectivity index (χ0) is 15.5. The zero-order valence-corrected chi connectivity index (χ0v) is 14.3. The number of amides is 1. The van der Waals surface area contributed by atoms with Crippen molar-refractivity contribution in [2.75, 3.05) is 37.7 Å². The minimum atomic E-state index is 0.00329. The van der Waals surface area contributed by atoms with Crippen LogP contribution in [0.15, 0.2) is 4.42 Å². The fourth-order valence-electron chi connectivity index (χ4n) is 3.29. The number of hydrogen-bond donors (Lipinski definition) is 0. The molecule has 1 aromatic heterocycles. The molecule has 0 saturated carbocycles. The number of carbonyl (C=O) groups is 1. The highest BCUT2D eigenvalue weighted by Crippen LogP contribution is 2.23. The predicted molar refractivity (Wildman–Crippen MR) is 88.4 cm³/mol. The normalized spacial score (nSPS) is 21.3. The van der Waals surface area contributed by atoms with Crippen molar-refractivity contribution in [1.82, 2.24) is 14.8 Å². The van der Waals surface area contributed by atoms with Crippen LogP contribution in [0.2, 0.25) is 0 Å². The van der Waals surface area contributed by atoms with Gasteiger partial charge in [0, 0.05) is 38.6 Å². The highest BCUT2D eigenvalue weighted by atomic mass is 32.2. The molecule has 3 heterocycles. The number of oxazole rings is 1. The van der Waals surface area contributed by atoms with Gasteiger partial charge in [0.2, 0.25) is 5.76 Å². The van der Waals surface area contributed by atoms with E-state index in [2.05, 4.69) is 21.6 Å². The van der Waals surface area contributed by atoms with E-state index in [1.807, 2.05) is 18.7 Å². The summed E-state index contributed by atoms with van der Waals surface area (Å²) in [6.45, 7) is 7.39. The standard InChI is InChI=1S/C16H25N3O2S/c1-3-14-17-12(2)15(21-14)16(20)19-8-6-18(7-9-19)13-4-10-22-11-5-13/h13H,3-11H2,1-2H3. The summed E-state index contributed by atoms with van der Waals surface area (Å²) in [6, 6.07) is 0.720. The summed E-state index contributed by atoms with van der Waals surface area (Å²) in [5.41, 5.74) is 0.716. The largest absolute Gasteiger partial charge is 0.435 e. The van der Waals surface area contributed by atoms with Crippen LogP contribution < -0.4 is 0 Å². The van der Waals surface area contributed by atoms with Crippen LogP contribution in [-0.2, 0) is 6.42 Å². The lowest BCUT2D eigenvalue weighted by Crippen LogP contribution is -2.52. The molecule has 0 radical (unpaired) electrons. The van der Waals surface area contributed by atoms with E-state index in [1.165, 1.54) is 24.3 Å². The fourth-order valence-corrected chi connectivity index (χ4v) is 4.37. The summed E-state index contributed by atoms with van der Waals surface area (Å²) >= 11 is 2.06. The Morgan fingerprint density at radius 3 is 2.55 bits per heavy atom. The summed E-state index contributed by atoms with van der Waals surface area (Å²) in [4.78, 5) is 21.4. The van der Waals surface area contributed by atoms with Crippen molar-refractivity contribution in [2.24, 2.45) is 0 Å². The smallest absolute Gasteiger partial charge is 0.291 e. The van der Waals surface area contributed by atoms with E-state index < -0.39 is 0 Å². The minimum absolute atomic E-state index is 0.00329. The van der Waals surface area contributed by atoms with Gasteiger partial charge in [0.15, 0.2) is 5.89 Å². The molecule has 1 amide bonds. The molecule has 5 nitrogen and oxygen atoms in total. The van der Waals surface area contributed by atoms with Crippen LogP contribution in [0.3, 0.4) is 0 Å². The topological polar surface area (TPSA) is 49.6 Å². The van der Waals surface area contributed by atoms with E-state index in [0.29, 0.717) is 17.3 Å². The molecular formula is C16H25N3O2S. The van der Waals surface area contributed by atoms with Gasteiger partial charge in [-0.25, -0.2) is 4.98 Å². The summed E-state index contributed by atoms with van der Waals surface area (Å²) in [5, 5.41) is 0. The van der Waals surface area contributed by atoms with Crippen LogP contribution in [0.4, 0.5) is 0 Å². The molecular weight excluding hydrogens is 298 g/mol. The van der Waals surface area contributed by atoms with Gasteiger partial charge in [-0.1, -0.05) is 6.92 Å².